The summed E-state index contributed by atoms with van der Waals surface area (Å²) in [5, 5.41) is 13.7. The molecule has 1 atom stereocenters. The number of benzene rings is 2. The van der Waals surface area contributed by atoms with Gasteiger partial charge < -0.3 is 10.1 Å². The van der Waals surface area contributed by atoms with Gasteiger partial charge in [0.1, 0.15) is 6.33 Å². The van der Waals surface area contributed by atoms with E-state index in [0.717, 1.165) is 12.8 Å². The van der Waals surface area contributed by atoms with Crippen molar-refractivity contribution in [2.45, 2.75) is 23.8 Å². The summed E-state index contributed by atoms with van der Waals surface area (Å²) in [6, 6.07) is 12.8. The second-order valence-electron chi connectivity index (χ2n) is 6.77. The summed E-state index contributed by atoms with van der Waals surface area (Å²) in [6.07, 6.45) is 3.15. The Morgan fingerprint density at radius 3 is 2.73 bits per heavy atom. The third-order valence-corrected chi connectivity index (χ3v) is 6.11. The van der Waals surface area contributed by atoms with Gasteiger partial charge in [-0.1, -0.05) is 6.07 Å². The van der Waals surface area contributed by atoms with E-state index in [1.54, 1.807) is 36.4 Å². The van der Waals surface area contributed by atoms with Crippen LogP contribution < -0.4 is 10.0 Å². The number of anilines is 1. The second kappa shape index (κ2) is 8.69. The van der Waals surface area contributed by atoms with Crippen molar-refractivity contribution >= 4 is 21.6 Å². The molecule has 30 heavy (non-hydrogen) atoms. The fourth-order valence-corrected chi connectivity index (χ4v) is 4.15. The van der Waals surface area contributed by atoms with Gasteiger partial charge in [-0.2, -0.15) is 0 Å². The van der Waals surface area contributed by atoms with Crippen LogP contribution in [0.2, 0.25) is 0 Å². The summed E-state index contributed by atoms with van der Waals surface area (Å²) in [7, 11) is -3.64. The van der Waals surface area contributed by atoms with Crippen LogP contribution in [0.3, 0.4) is 0 Å². The van der Waals surface area contributed by atoms with Crippen LogP contribution in [0.5, 0.6) is 0 Å². The SMILES string of the molecule is O=C(Nc1ccc(S(=O)(=O)NCC2CCCO2)cc1)c1cccc(-n2cnnn2)c1. The molecule has 0 aliphatic carbocycles. The van der Waals surface area contributed by atoms with Crippen LogP contribution >= 0.6 is 0 Å². The predicted octanol–water partition coefficient (Wildman–Crippen LogP) is 1.37. The number of hydrogen-bond acceptors (Lipinski definition) is 7. The molecule has 0 radical (unpaired) electrons. The molecule has 0 saturated carbocycles. The smallest absolute Gasteiger partial charge is 0.255 e. The maximum Gasteiger partial charge on any atom is 0.255 e. The summed E-state index contributed by atoms with van der Waals surface area (Å²) in [4.78, 5) is 12.7. The minimum atomic E-state index is -3.64. The Morgan fingerprint density at radius 2 is 2.03 bits per heavy atom. The van der Waals surface area contributed by atoms with Crippen molar-refractivity contribution in [2.75, 3.05) is 18.5 Å². The summed E-state index contributed by atoms with van der Waals surface area (Å²) < 4.78 is 34.3. The van der Waals surface area contributed by atoms with Crippen molar-refractivity contribution in [3.05, 3.63) is 60.4 Å². The molecule has 1 aromatic heterocycles. The van der Waals surface area contributed by atoms with Gasteiger partial charge in [-0.15, -0.1) is 5.10 Å². The Hall–Kier alpha value is -3.15. The number of nitrogens with zero attached hydrogens (tertiary/aromatic N) is 4. The van der Waals surface area contributed by atoms with Crippen LogP contribution in [0.4, 0.5) is 5.69 Å². The number of carbonyl (C=O) groups is 1. The lowest BCUT2D eigenvalue weighted by Crippen LogP contribution is -2.31. The number of nitrogens with one attached hydrogen (secondary N) is 2. The van der Waals surface area contributed by atoms with Crippen molar-refractivity contribution < 1.29 is 17.9 Å². The molecule has 11 heteroatoms. The lowest BCUT2D eigenvalue weighted by Gasteiger charge is -2.12. The van der Waals surface area contributed by atoms with Crippen LogP contribution in [-0.4, -0.2) is 53.8 Å². The lowest BCUT2D eigenvalue weighted by atomic mass is 10.2. The molecule has 2 N–H and O–H groups in total. The van der Waals surface area contributed by atoms with Gasteiger partial charge in [0.25, 0.3) is 5.91 Å². The van der Waals surface area contributed by atoms with E-state index in [-0.39, 0.29) is 23.5 Å². The number of sulfonamides is 1. The first-order valence-corrected chi connectivity index (χ1v) is 10.9. The first kappa shape index (κ1) is 20.1. The van der Waals surface area contributed by atoms with E-state index in [9.17, 15) is 13.2 Å². The maximum absolute atomic E-state index is 12.6. The molecule has 0 spiro atoms. The zero-order chi connectivity index (χ0) is 21.0. The summed E-state index contributed by atoms with van der Waals surface area (Å²) in [5.41, 5.74) is 1.54. The molecule has 156 valence electrons. The number of carbonyl (C=O) groups excluding carboxylic acids is 1. The third-order valence-electron chi connectivity index (χ3n) is 4.67. The largest absolute Gasteiger partial charge is 0.377 e. The number of rotatable bonds is 7. The minimum Gasteiger partial charge on any atom is -0.377 e. The molecule has 1 saturated heterocycles. The summed E-state index contributed by atoms with van der Waals surface area (Å²) in [5.74, 6) is -0.336. The van der Waals surface area contributed by atoms with Crippen LogP contribution in [0, 0.1) is 0 Å². The monoisotopic (exact) mass is 428 g/mol. The van der Waals surface area contributed by atoms with Gasteiger partial charge in [-0.05, 0) is 65.7 Å². The highest BCUT2D eigenvalue weighted by molar-refractivity contribution is 7.89. The quantitative estimate of drug-likeness (QED) is 0.582. The van der Waals surface area contributed by atoms with Crippen LogP contribution in [0.1, 0.15) is 23.2 Å². The van der Waals surface area contributed by atoms with Crippen molar-refractivity contribution in [1.29, 1.82) is 0 Å². The van der Waals surface area contributed by atoms with Crippen LogP contribution in [-0.2, 0) is 14.8 Å². The standard InChI is InChI=1S/C19H20N6O4S/c26-19(14-3-1-4-16(11-14)25-13-20-23-24-25)22-15-6-8-18(9-7-15)30(27,28)21-12-17-5-2-10-29-17/h1,3-4,6-9,11,13,17,21H,2,5,10,12H2,(H,22,26). The Bertz CT molecular complexity index is 1110. The molecule has 1 unspecified atom stereocenters. The molecule has 3 aromatic rings. The number of aromatic nitrogens is 4. The van der Waals surface area contributed by atoms with E-state index in [1.807, 2.05) is 0 Å². The van der Waals surface area contributed by atoms with Gasteiger partial charge >= 0.3 is 0 Å². The molecule has 1 aliphatic rings. The number of ether oxygens (including phenoxy) is 1. The lowest BCUT2D eigenvalue weighted by molar-refractivity contribution is 0.102. The molecule has 4 rings (SSSR count). The highest BCUT2D eigenvalue weighted by atomic mass is 32.2. The Balaban J connectivity index is 1.40. The molecule has 1 aliphatic heterocycles. The first-order valence-electron chi connectivity index (χ1n) is 9.37. The fourth-order valence-electron chi connectivity index (χ4n) is 3.08. The van der Waals surface area contributed by atoms with E-state index in [1.165, 1.54) is 23.1 Å². The van der Waals surface area contributed by atoms with E-state index in [2.05, 4.69) is 25.6 Å². The maximum atomic E-state index is 12.6. The van der Waals surface area contributed by atoms with Gasteiger partial charge in [-0.25, -0.2) is 17.8 Å². The van der Waals surface area contributed by atoms with Crippen molar-refractivity contribution in [3.63, 3.8) is 0 Å². The fraction of sp³-hybridized carbons (Fsp3) is 0.263. The molecular formula is C19H20N6O4S. The van der Waals surface area contributed by atoms with E-state index in [0.29, 0.717) is 23.5 Å². The van der Waals surface area contributed by atoms with Crippen LogP contribution in [0.25, 0.3) is 5.69 Å². The first-order chi connectivity index (χ1) is 14.5. The number of tetrazole rings is 1. The van der Waals surface area contributed by atoms with Gasteiger partial charge in [0.2, 0.25) is 10.0 Å². The van der Waals surface area contributed by atoms with Gasteiger partial charge in [0, 0.05) is 24.4 Å². The molecule has 1 amide bonds. The zero-order valence-corrected chi connectivity index (χ0v) is 16.7. The normalized spacial score (nSPS) is 16.5. The van der Waals surface area contributed by atoms with Gasteiger partial charge in [-0.3, -0.25) is 4.79 Å². The minimum absolute atomic E-state index is 0.0811. The Kier molecular flexibility index (Phi) is 5.84. The zero-order valence-electron chi connectivity index (χ0n) is 15.9. The van der Waals surface area contributed by atoms with E-state index in [4.69, 9.17) is 4.74 Å². The summed E-state index contributed by atoms with van der Waals surface area (Å²) >= 11 is 0. The Morgan fingerprint density at radius 1 is 1.20 bits per heavy atom. The number of hydrogen-bond donors (Lipinski definition) is 2. The summed E-state index contributed by atoms with van der Waals surface area (Å²) in [6.45, 7) is 0.915. The molecular weight excluding hydrogens is 408 g/mol. The molecule has 10 nitrogen and oxygen atoms in total. The molecule has 0 bridgehead atoms. The molecule has 1 fully saturated rings. The van der Waals surface area contributed by atoms with E-state index < -0.39 is 10.0 Å². The Labute approximate surface area is 173 Å². The topological polar surface area (TPSA) is 128 Å². The molecule has 2 heterocycles. The highest BCUT2D eigenvalue weighted by Gasteiger charge is 2.20. The average Bonchev–Trinajstić information content (AvgIpc) is 3.47. The van der Waals surface area contributed by atoms with E-state index >= 15 is 0 Å². The highest BCUT2D eigenvalue weighted by Crippen LogP contribution is 2.17. The van der Waals surface area contributed by atoms with Crippen molar-refractivity contribution in [1.82, 2.24) is 24.9 Å². The van der Waals surface area contributed by atoms with Gasteiger partial charge in [0.15, 0.2) is 0 Å². The number of amides is 1. The van der Waals surface area contributed by atoms with Crippen LogP contribution in [0.15, 0.2) is 59.8 Å². The predicted molar refractivity (Wildman–Crippen MR) is 108 cm³/mol. The van der Waals surface area contributed by atoms with Crippen molar-refractivity contribution in [3.8, 4) is 5.69 Å². The third kappa shape index (κ3) is 4.70. The molecule has 2 aromatic carbocycles. The second-order valence-corrected chi connectivity index (χ2v) is 8.54. The van der Waals surface area contributed by atoms with Crippen molar-refractivity contribution in [2.24, 2.45) is 0 Å². The average molecular weight is 428 g/mol. The van der Waals surface area contributed by atoms with Gasteiger partial charge in [0.05, 0.1) is 16.7 Å².